The molecule has 0 spiro atoms. The largest absolute Gasteiger partial charge is 0.454 e. The number of aromatic nitrogens is 1. The van der Waals surface area contributed by atoms with Gasteiger partial charge in [-0.25, -0.2) is 4.98 Å². The van der Waals surface area contributed by atoms with Crippen LogP contribution in [0.1, 0.15) is 9.67 Å². The zero-order chi connectivity index (χ0) is 16.4. The SMILES string of the molecule is O=C(Nc1ccc(Nc2ccc3c(c2)OCO3)nc1)c1cccs1. The number of anilines is 3. The first-order valence-electron chi connectivity index (χ1n) is 7.25. The number of rotatable bonds is 4. The summed E-state index contributed by atoms with van der Waals surface area (Å²) in [5.74, 6) is 1.98. The number of carbonyl (C=O) groups excluding carboxylic acids is 1. The summed E-state index contributed by atoms with van der Waals surface area (Å²) in [5, 5.41) is 7.87. The summed E-state index contributed by atoms with van der Waals surface area (Å²) in [6, 6.07) is 12.8. The summed E-state index contributed by atoms with van der Waals surface area (Å²) in [7, 11) is 0. The summed E-state index contributed by atoms with van der Waals surface area (Å²) >= 11 is 1.40. The highest BCUT2D eigenvalue weighted by atomic mass is 32.1. The number of nitrogens with one attached hydrogen (secondary N) is 2. The molecule has 120 valence electrons. The number of amides is 1. The molecule has 0 saturated carbocycles. The summed E-state index contributed by atoms with van der Waals surface area (Å²) in [4.78, 5) is 17.0. The van der Waals surface area contributed by atoms with E-state index in [9.17, 15) is 4.79 Å². The molecule has 0 atom stereocenters. The van der Waals surface area contributed by atoms with Gasteiger partial charge in [-0.15, -0.1) is 11.3 Å². The Kier molecular flexibility index (Phi) is 3.76. The molecule has 0 fully saturated rings. The van der Waals surface area contributed by atoms with Gasteiger partial charge < -0.3 is 20.1 Å². The van der Waals surface area contributed by atoms with Crippen molar-refractivity contribution in [2.24, 2.45) is 0 Å². The lowest BCUT2D eigenvalue weighted by molar-refractivity contribution is 0.103. The molecule has 0 unspecified atom stereocenters. The second-order valence-electron chi connectivity index (χ2n) is 5.06. The van der Waals surface area contributed by atoms with E-state index < -0.39 is 0 Å². The Hall–Kier alpha value is -3.06. The van der Waals surface area contributed by atoms with Gasteiger partial charge in [-0.1, -0.05) is 6.07 Å². The molecule has 0 saturated heterocycles. The van der Waals surface area contributed by atoms with Gasteiger partial charge in [-0.05, 0) is 35.7 Å². The molecule has 2 N–H and O–H groups in total. The van der Waals surface area contributed by atoms with Crippen LogP contribution in [0.25, 0.3) is 0 Å². The van der Waals surface area contributed by atoms with E-state index in [1.54, 1.807) is 24.4 Å². The number of fused-ring (bicyclic) bond motifs is 1. The fourth-order valence-electron chi connectivity index (χ4n) is 2.26. The number of pyridine rings is 1. The highest BCUT2D eigenvalue weighted by Gasteiger charge is 2.13. The van der Waals surface area contributed by atoms with Crippen LogP contribution in [0.4, 0.5) is 17.2 Å². The number of nitrogens with zero attached hydrogens (tertiary/aromatic N) is 1. The summed E-state index contributed by atoms with van der Waals surface area (Å²) in [6.07, 6.45) is 1.61. The van der Waals surface area contributed by atoms with Crippen LogP contribution in [0.15, 0.2) is 54.0 Å². The van der Waals surface area contributed by atoms with Gasteiger partial charge in [0, 0.05) is 11.8 Å². The lowest BCUT2D eigenvalue weighted by atomic mass is 10.2. The van der Waals surface area contributed by atoms with E-state index in [1.165, 1.54) is 11.3 Å². The lowest BCUT2D eigenvalue weighted by Crippen LogP contribution is -2.10. The average Bonchev–Trinajstić information content (AvgIpc) is 3.27. The maximum absolute atomic E-state index is 12.0. The van der Waals surface area contributed by atoms with E-state index in [-0.39, 0.29) is 12.7 Å². The molecule has 0 aliphatic carbocycles. The molecule has 2 aromatic heterocycles. The average molecular weight is 339 g/mol. The monoisotopic (exact) mass is 339 g/mol. The Morgan fingerprint density at radius 1 is 1.08 bits per heavy atom. The van der Waals surface area contributed by atoms with Gasteiger partial charge in [0.2, 0.25) is 6.79 Å². The number of hydrogen-bond acceptors (Lipinski definition) is 6. The second kappa shape index (κ2) is 6.21. The van der Waals surface area contributed by atoms with Gasteiger partial charge in [-0.3, -0.25) is 4.79 Å². The smallest absolute Gasteiger partial charge is 0.265 e. The van der Waals surface area contributed by atoms with Crippen molar-refractivity contribution in [1.82, 2.24) is 4.98 Å². The molecular formula is C17H13N3O3S. The first kappa shape index (κ1) is 14.5. The molecule has 4 rings (SSSR count). The fourth-order valence-corrected chi connectivity index (χ4v) is 2.88. The molecule has 6 nitrogen and oxygen atoms in total. The van der Waals surface area contributed by atoms with E-state index in [4.69, 9.17) is 9.47 Å². The van der Waals surface area contributed by atoms with E-state index in [0.29, 0.717) is 22.1 Å². The molecule has 7 heteroatoms. The molecular weight excluding hydrogens is 326 g/mol. The minimum absolute atomic E-state index is 0.136. The third kappa shape index (κ3) is 3.02. The van der Waals surface area contributed by atoms with E-state index in [0.717, 1.165) is 11.4 Å². The van der Waals surface area contributed by atoms with Crippen LogP contribution < -0.4 is 20.1 Å². The molecule has 0 radical (unpaired) electrons. The van der Waals surface area contributed by atoms with Crippen molar-refractivity contribution < 1.29 is 14.3 Å². The minimum Gasteiger partial charge on any atom is -0.454 e. The van der Waals surface area contributed by atoms with Crippen LogP contribution in [0, 0.1) is 0 Å². The minimum atomic E-state index is -0.136. The lowest BCUT2D eigenvalue weighted by Gasteiger charge is -2.08. The maximum atomic E-state index is 12.0. The molecule has 3 aromatic rings. The third-order valence-electron chi connectivity index (χ3n) is 3.41. The van der Waals surface area contributed by atoms with Gasteiger partial charge in [0.05, 0.1) is 16.8 Å². The summed E-state index contributed by atoms with van der Waals surface area (Å²) in [5.41, 5.74) is 1.49. The first-order chi connectivity index (χ1) is 11.8. The van der Waals surface area contributed by atoms with Gasteiger partial charge in [0.1, 0.15) is 5.82 Å². The number of ether oxygens (including phenoxy) is 2. The van der Waals surface area contributed by atoms with Crippen LogP contribution in [0.2, 0.25) is 0 Å². The van der Waals surface area contributed by atoms with Crippen molar-refractivity contribution in [3.8, 4) is 11.5 Å². The predicted molar refractivity (Wildman–Crippen MR) is 92.4 cm³/mol. The van der Waals surface area contributed by atoms with Crippen LogP contribution >= 0.6 is 11.3 Å². The maximum Gasteiger partial charge on any atom is 0.265 e. The number of thiophene rings is 1. The fraction of sp³-hybridized carbons (Fsp3) is 0.0588. The van der Waals surface area contributed by atoms with Crippen LogP contribution in [-0.2, 0) is 0 Å². The van der Waals surface area contributed by atoms with Gasteiger partial charge in [0.25, 0.3) is 5.91 Å². The highest BCUT2D eigenvalue weighted by Crippen LogP contribution is 2.34. The molecule has 1 aliphatic rings. The van der Waals surface area contributed by atoms with Gasteiger partial charge in [-0.2, -0.15) is 0 Å². The first-order valence-corrected chi connectivity index (χ1v) is 8.13. The van der Waals surface area contributed by atoms with Crippen LogP contribution in [-0.4, -0.2) is 17.7 Å². The van der Waals surface area contributed by atoms with Crippen LogP contribution in [0.5, 0.6) is 11.5 Å². The van der Waals surface area contributed by atoms with Crippen LogP contribution in [0.3, 0.4) is 0 Å². The molecule has 1 aromatic carbocycles. The second-order valence-corrected chi connectivity index (χ2v) is 6.00. The van der Waals surface area contributed by atoms with Gasteiger partial charge in [0.15, 0.2) is 11.5 Å². The zero-order valence-electron chi connectivity index (χ0n) is 12.5. The third-order valence-corrected chi connectivity index (χ3v) is 4.28. The normalized spacial score (nSPS) is 12.0. The zero-order valence-corrected chi connectivity index (χ0v) is 13.3. The Morgan fingerprint density at radius 2 is 1.96 bits per heavy atom. The van der Waals surface area contributed by atoms with E-state index in [1.807, 2.05) is 29.6 Å². The summed E-state index contributed by atoms with van der Waals surface area (Å²) in [6.45, 7) is 0.246. The molecule has 3 heterocycles. The topological polar surface area (TPSA) is 72.5 Å². The molecule has 1 aliphatic heterocycles. The van der Waals surface area contributed by atoms with Crippen molar-refractivity contribution >= 4 is 34.4 Å². The summed E-state index contributed by atoms with van der Waals surface area (Å²) < 4.78 is 10.6. The Bertz CT molecular complexity index is 863. The molecule has 1 amide bonds. The standard InChI is InChI=1S/C17H13N3O3S/c21-17(15-2-1-7-24-15)20-12-4-6-16(18-9-12)19-11-3-5-13-14(8-11)23-10-22-13/h1-9H,10H2,(H,18,19)(H,20,21). The van der Waals surface area contributed by atoms with Crippen molar-refractivity contribution in [3.63, 3.8) is 0 Å². The van der Waals surface area contributed by atoms with Crippen molar-refractivity contribution in [2.75, 3.05) is 17.4 Å². The molecule has 0 bridgehead atoms. The number of hydrogen-bond donors (Lipinski definition) is 2. The van der Waals surface area contributed by atoms with E-state index >= 15 is 0 Å². The van der Waals surface area contributed by atoms with Crippen molar-refractivity contribution in [1.29, 1.82) is 0 Å². The molecule has 24 heavy (non-hydrogen) atoms. The van der Waals surface area contributed by atoms with Gasteiger partial charge >= 0.3 is 0 Å². The Morgan fingerprint density at radius 3 is 2.75 bits per heavy atom. The Balaban J connectivity index is 1.43. The number of carbonyl (C=O) groups is 1. The highest BCUT2D eigenvalue weighted by molar-refractivity contribution is 7.12. The predicted octanol–water partition coefficient (Wildman–Crippen LogP) is 3.87. The quantitative estimate of drug-likeness (QED) is 0.755. The van der Waals surface area contributed by atoms with Crippen molar-refractivity contribution in [2.45, 2.75) is 0 Å². The van der Waals surface area contributed by atoms with Crippen molar-refractivity contribution in [3.05, 3.63) is 58.9 Å². The van der Waals surface area contributed by atoms with E-state index in [2.05, 4.69) is 15.6 Å². The Labute approximate surface area is 142 Å². The number of benzene rings is 1.